The summed E-state index contributed by atoms with van der Waals surface area (Å²) >= 11 is 1.34. The Balaban J connectivity index is 1.38. The molecule has 0 radical (unpaired) electrons. The van der Waals surface area contributed by atoms with Gasteiger partial charge in [0.15, 0.2) is 0 Å². The number of alkyl halides is 3. The third-order valence-corrected chi connectivity index (χ3v) is 6.20. The molecule has 1 aromatic carbocycles. The molecule has 4 rings (SSSR count). The van der Waals surface area contributed by atoms with Crippen LogP contribution < -0.4 is 5.32 Å². The van der Waals surface area contributed by atoms with E-state index in [-0.39, 0.29) is 23.2 Å². The molecule has 1 saturated heterocycles. The Morgan fingerprint density at radius 3 is 2.56 bits per heavy atom. The smallest absolute Gasteiger partial charge is 0.417 e. The second-order valence-corrected chi connectivity index (χ2v) is 8.32. The number of hydrogen-bond acceptors (Lipinski definition) is 6. The van der Waals surface area contributed by atoms with E-state index in [0.717, 1.165) is 11.1 Å². The van der Waals surface area contributed by atoms with Gasteiger partial charge in [0.2, 0.25) is 0 Å². The van der Waals surface area contributed by atoms with Crippen LogP contribution in [0.2, 0.25) is 0 Å². The second-order valence-electron chi connectivity index (χ2n) is 7.43. The van der Waals surface area contributed by atoms with Crippen LogP contribution in [-0.4, -0.2) is 39.8 Å². The second kappa shape index (κ2) is 8.73. The van der Waals surface area contributed by atoms with Crippen LogP contribution in [0.25, 0.3) is 0 Å². The van der Waals surface area contributed by atoms with Crippen molar-refractivity contribution in [2.75, 3.05) is 18.4 Å². The number of hydrogen-bond donors (Lipinski definition) is 1. The fourth-order valence-corrected chi connectivity index (χ4v) is 4.54. The summed E-state index contributed by atoms with van der Waals surface area (Å²) in [7, 11) is 0. The Kier molecular flexibility index (Phi) is 6.00. The van der Waals surface area contributed by atoms with E-state index in [9.17, 15) is 22.8 Å². The molecule has 0 saturated carbocycles. The highest BCUT2D eigenvalue weighted by molar-refractivity contribution is 7.10. The Hall–Kier alpha value is -3.21. The van der Waals surface area contributed by atoms with Crippen molar-refractivity contribution < 1.29 is 27.2 Å². The zero-order valence-electron chi connectivity index (χ0n) is 17.0. The molecule has 0 aliphatic carbocycles. The third kappa shape index (κ3) is 4.67. The van der Waals surface area contributed by atoms with Crippen LogP contribution >= 0.6 is 11.3 Å². The summed E-state index contributed by atoms with van der Waals surface area (Å²) in [5.74, 6) is -1.05. The number of nitrogens with zero attached hydrogens (tertiary/aromatic N) is 3. The number of likely N-dealkylation sites (tertiary alicyclic amines) is 1. The summed E-state index contributed by atoms with van der Waals surface area (Å²) in [6.07, 6.45) is -2.07. The Labute approximate surface area is 185 Å². The van der Waals surface area contributed by atoms with Crippen LogP contribution in [0.1, 0.15) is 55.9 Å². The van der Waals surface area contributed by atoms with Gasteiger partial charge in [-0.2, -0.15) is 18.2 Å². The molecule has 3 heterocycles. The molecule has 168 valence electrons. The van der Waals surface area contributed by atoms with E-state index in [1.165, 1.54) is 40.7 Å². The Morgan fingerprint density at radius 2 is 1.91 bits per heavy atom. The van der Waals surface area contributed by atoms with Crippen LogP contribution in [-0.2, 0) is 6.18 Å². The average molecular weight is 464 g/mol. The van der Waals surface area contributed by atoms with E-state index in [2.05, 4.69) is 15.3 Å². The van der Waals surface area contributed by atoms with Crippen molar-refractivity contribution in [3.63, 3.8) is 0 Å². The number of aromatic nitrogens is 2. The first kappa shape index (κ1) is 22.0. The molecule has 0 unspecified atom stereocenters. The van der Waals surface area contributed by atoms with Gasteiger partial charge < -0.3 is 9.32 Å². The van der Waals surface area contributed by atoms with Crippen LogP contribution in [0, 0.1) is 6.92 Å². The normalized spacial score (nSPS) is 15.1. The largest absolute Gasteiger partial charge is 0.432 e. The molecule has 1 aliphatic heterocycles. The van der Waals surface area contributed by atoms with Crippen molar-refractivity contribution in [3.05, 3.63) is 63.4 Å². The monoisotopic (exact) mass is 464 g/mol. The number of aryl methyl sites for hydroxylation is 1. The molecule has 0 spiro atoms. The lowest BCUT2D eigenvalue weighted by Gasteiger charge is -2.31. The van der Waals surface area contributed by atoms with Crippen LogP contribution in [0.4, 0.5) is 19.2 Å². The van der Waals surface area contributed by atoms with Crippen molar-refractivity contribution in [3.8, 4) is 0 Å². The van der Waals surface area contributed by atoms with Gasteiger partial charge in [0.1, 0.15) is 12.0 Å². The number of carbonyl (C=O) groups is 2. The van der Waals surface area contributed by atoms with Gasteiger partial charge in [-0.15, -0.1) is 11.3 Å². The van der Waals surface area contributed by atoms with Crippen molar-refractivity contribution in [2.24, 2.45) is 0 Å². The van der Waals surface area contributed by atoms with E-state index >= 15 is 0 Å². The number of thiazole rings is 1. The maximum atomic E-state index is 13.2. The van der Waals surface area contributed by atoms with Gasteiger partial charge in [-0.1, -0.05) is 12.1 Å². The van der Waals surface area contributed by atoms with Gasteiger partial charge in [0.25, 0.3) is 11.8 Å². The Morgan fingerprint density at radius 1 is 1.19 bits per heavy atom. The first-order chi connectivity index (χ1) is 15.2. The molecule has 7 nitrogen and oxygen atoms in total. The molecular weight excluding hydrogens is 445 g/mol. The van der Waals surface area contributed by atoms with Crippen molar-refractivity contribution in [1.82, 2.24) is 14.9 Å². The van der Waals surface area contributed by atoms with Crippen molar-refractivity contribution in [1.29, 1.82) is 0 Å². The highest BCUT2D eigenvalue weighted by atomic mass is 32.1. The molecule has 1 aliphatic rings. The molecule has 0 bridgehead atoms. The quantitative estimate of drug-likeness (QED) is 0.603. The van der Waals surface area contributed by atoms with Crippen LogP contribution in [0.5, 0.6) is 0 Å². The molecule has 1 N–H and O–H groups in total. The number of halogens is 3. The fourth-order valence-electron chi connectivity index (χ4n) is 3.57. The first-order valence-electron chi connectivity index (χ1n) is 9.87. The molecule has 0 atom stereocenters. The molecule has 32 heavy (non-hydrogen) atoms. The van der Waals surface area contributed by atoms with Crippen molar-refractivity contribution in [2.45, 2.75) is 31.9 Å². The van der Waals surface area contributed by atoms with E-state index in [0.29, 0.717) is 31.6 Å². The minimum Gasteiger partial charge on any atom is -0.432 e. The van der Waals surface area contributed by atoms with Gasteiger partial charge in [0.05, 0.1) is 21.8 Å². The first-order valence-corrected chi connectivity index (χ1v) is 10.7. The lowest BCUT2D eigenvalue weighted by molar-refractivity contribution is -0.138. The van der Waals surface area contributed by atoms with E-state index in [1.54, 1.807) is 12.3 Å². The summed E-state index contributed by atoms with van der Waals surface area (Å²) < 4.78 is 44.8. The maximum absolute atomic E-state index is 13.2. The predicted molar refractivity (Wildman–Crippen MR) is 111 cm³/mol. The van der Waals surface area contributed by atoms with Crippen LogP contribution in [0.3, 0.4) is 0 Å². The molecule has 11 heteroatoms. The summed E-state index contributed by atoms with van der Waals surface area (Å²) in [6, 6.07) is 4.91. The number of carbonyl (C=O) groups excluding carboxylic acids is 2. The maximum Gasteiger partial charge on any atom is 0.417 e. The van der Waals surface area contributed by atoms with Gasteiger partial charge in [0, 0.05) is 24.4 Å². The van der Waals surface area contributed by atoms with Gasteiger partial charge >= 0.3 is 12.2 Å². The third-order valence-electron chi connectivity index (χ3n) is 5.19. The summed E-state index contributed by atoms with van der Waals surface area (Å²) in [6.45, 7) is 2.36. The number of piperidine rings is 1. The lowest BCUT2D eigenvalue weighted by atomic mass is 9.96. The Bertz CT molecular complexity index is 1130. The fraction of sp³-hybridized carbons (Fsp3) is 0.333. The SMILES string of the molecule is Cc1coc(NC(=O)c2csc(C3CCN(C(=O)c4ccccc4C(F)(F)F)CC3)n2)n1. The van der Waals surface area contributed by atoms with E-state index in [1.807, 2.05) is 0 Å². The molecule has 3 aromatic rings. The summed E-state index contributed by atoms with van der Waals surface area (Å²) in [4.78, 5) is 34.9. The van der Waals surface area contributed by atoms with Crippen LogP contribution in [0.15, 0.2) is 40.3 Å². The molecule has 2 aromatic heterocycles. The van der Waals surface area contributed by atoms with E-state index < -0.39 is 23.6 Å². The zero-order valence-corrected chi connectivity index (χ0v) is 17.8. The summed E-state index contributed by atoms with van der Waals surface area (Å²) in [5, 5.41) is 4.92. The predicted octanol–water partition coefficient (Wildman–Crippen LogP) is 4.73. The van der Waals surface area contributed by atoms with E-state index in [4.69, 9.17) is 4.42 Å². The molecule has 2 amide bonds. The van der Waals surface area contributed by atoms with Gasteiger partial charge in [-0.3, -0.25) is 14.9 Å². The molecular formula is C21H19F3N4O3S. The number of anilines is 1. The van der Waals surface area contributed by atoms with Gasteiger partial charge in [-0.05, 0) is 31.9 Å². The number of nitrogens with one attached hydrogen (secondary N) is 1. The number of rotatable bonds is 4. The minimum absolute atomic E-state index is 0.0208. The minimum atomic E-state index is -4.59. The number of amides is 2. The molecule has 1 fully saturated rings. The standard InChI is InChI=1S/C21H19F3N4O3S/c1-12-10-31-20(25-12)27-17(29)16-11-32-18(26-16)13-6-8-28(9-7-13)19(30)14-4-2-3-5-15(14)21(22,23)24/h2-5,10-11,13H,6-9H2,1H3,(H,25,27,29). The van der Waals surface area contributed by atoms with Gasteiger partial charge in [-0.25, -0.2) is 4.98 Å². The zero-order chi connectivity index (χ0) is 22.9. The number of benzene rings is 1. The lowest BCUT2D eigenvalue weighted by Crippen LogP contribution is -2.38. The highest BCUT2D eigenvalue weighted by Gasteiger charge is 2.36. The summed E-state index contributed by atoms with van der Waals surface area (Å²) in [5.41, 5.74) is -0.394. The van der Waals surface area contributed by atoms with Crippen molar-refractivity contribution >= 4 is 29.2 Å². The number of oxazole rings is 1. The average Bonchev–Trinajstić information content (AvgIpc) is 3.42. The highest BCUT2D eigenvalue weighted by Crippen LogP contribution is 2.34. The topological polar surface area (TPSA) is 88.3 Å².